The van der Waals surface area contributed by atoms with Crippen molar-refractivity contribution < 1.29 is 4.42 Å². The van der Waals surface area contributed by atoms with Crippen molar-refractivity contribution in [1.29, 1.82) is 0 Å². The van der Waals surface area contributed by atoms with Crippen LogP contribution >= 0.6 is 30.1 Å². The molecule has 1 nitrogen and oxygen atoms in total. The van der Waals surface area contributed by atoms with Gasteiger partial charge >= 0.3 is 0 Å². The second-order valence-corrected chi connectivity index (χ2v) is 4.13. The average Bonchev–Trinajstić information content (AvgIpc) is 2.57. The SMILES string of the molecule is ISC#Cc1cc2ccccc2o1. The number of halogens is 1. The van der Waals surface area contributed by atoms with Gasteiger partial charge in [-0.05, 0) is 26.2 Å². The maximum atomic E-state index is 5.48. The van der Waals surface area contributed by atoms with Crippen LogP contribution in [0.2, 0.25) is 0 Å². The fourth-order valence-electron chi connectivity index (χ4n) is 1.11. The molecule has 0 fully saturated rings. The molecule has 0 radical (unpaired) electrons. The molecular formula is C10H5IOS. The molecule has 0 N–H and O–H groups in total. The lowest BCUT2D eigenvalue weighted by Gasteiger charge is -1.81. The van der Waals surface area contributed by atoms with E-state index in [4.69, 9.17) is 4.42 Å². The van der Waals surface area contributed by atoms with Gasteiger partial charge in [-0.1, -0.05) is 18.2 Å². The van der Waals surface area contributed by atoms with E-state index in [0.29, 0.717) is 0 Å². The van der Waals surface area contributed by atoms with Crippen LogP contribution in [0.4, 0.5) is 0 Å². The summed E-state index contributed by atoms with van der Waals surface area (Å²) in [6.45, 7) is 0. The molecule has 0 spiro atoms. The smallest absolute Gasteiger partial charge is 0.179 e. The van der Waals surface area contributed by atoms with Crippen LogP contribution in [0, 0.1) is 11.2 Å². The van der Waals surface area contributed by atoms with Crippen LogP contribution in [0.3, 0.4) is 0 Å². The Morgan fingerprint density at radius 3 is 2.92 bits per heavy atom. The molecule has 2 aromatic rings. The van der Waals surface area contributed by atoms with Gasteiger partial charge in [0.1, 0.15) is 5.58 Å². The first kappa shape index (κ1) is 8.97. The Balaban J connectivity index is 2.50. The lowest BCUT2D eigenvalue weighted by Crippen LogP contribution is -1.58. The van der Waals surface area contributed by atoms with Crippen LogP contribution in [0.25, 0.3) is 11.0 Å². The Hall–Kier alpha value is -0.600. The van der Waals surface area contributed by atoms with Gasteiger partial charge in [0.2, 0.25) is 0 Å². The molecule has 0 saturated heterocycles. The molecule has 0 unspecified atom stereocenters. The van der Waals surface area contributed by atoms with E-state index in [1.807, 2.05) is 30.3 Å². The molecule has 0 aliphatic heterocycles. The molecule has 0 amide bonds. The van der Waals surface area contributed by atoms with Gasteiger partial charge in [-0.3, -0.25) is 0 Å². The number of para-hydroxylation sites is 1. The van der Waals surface area contributed by atoms with Crippen LogP contribution < -0.4 is 0 Å². The monoisotopic (exact) mass is 300 g/mol. The summed E-state index contributed by atoms with van der Waals surface area (Å²) >= 11 is 2.13. The molecule has 1 heterocycles. The Morgan fingerprint density at radius 2 is 2.15 bits per heavy atom. The van der Waals surface area contributed by atoms with Crippen molar-refractivity contribution in [3.8, 4) is 11.2 Å². The van der Waals surface area contributed by atoms with Gasteiger partial charge < -0.3 is 4.42 Å². The van der Waals surface area contributed by atoms with E-state index < -0.39 is 0 Å². The second kappa shape index (κ2) is 4.07. The summed E-state index contributed by atoms with van der Waals surface area (Å²) in [6.07, 6.45) is 0. The average molecular weight is 300 g/mol. The minimum Gasteiger partial charge on any atom is -0.448 e. The van der Waals surface area contributed by atoms with Crippen molar-refractivity contribution in [3.05, 3.63) is 36.1 Å². The van der Waals surface area contributed by atoms with Gasteiger partial charge in [0.15, 0.2) is 5.76 Å². The maximum Gasteiger partial charge on any atom is 0.179 e. The molecule has 1 aromatic heterocycles. The van der Waals surface area contributed by atoms with Crippen LogP contribution in [-0.2, 0) is 0 Å². The topological polar surface area (TPSA) is 13.1 Å². The molecule has 0 bridgehead atoms. The van der Waals surface area contributed by atoms with E-state index in [-0.39, 0.29) is 0 Å². The predicted octanol–water partition coefficient (Wildman–Crippen LogP) is 3.83. The van der Waals surface area contributed by atoms with Gasteiger partial charge in [0.05, 0.1) is 0 Å². The minimum atomic E-state index is 0.727. The molecule has 3 heteroatoms. The van der Waals surface area contributed by atoms with Gasteiger partial charge in [-0.25, -0.2) is 0 Å². The first-order chi connectivity index (χ1) is 6.40. The summed E-state index contributed by atoms with van der Waals surface area (Å²) < 4.78 is 5.48. The first-order valence-corrected chi connectivity index (χ1v) is 7.03. The third-order valence-electron chi connectivity index (χ3n) is 1.64. The molecule has 13 heavy (non-hydrogen) atoms. The predicted molar refractivity (Wildman–Crippen MR) is 64.7 cm³/mol. The van der Waals surface area contributed by atoms with Gasteiger partial charge in [0, 0.05) is 32.7 Å². The van der Waals surface area contributed by atoms with Gasteiger partial charge in [0.25, 0.3) is 0 Å². The zero-order valence-corrected chi connectivity index (χ0v) is 9.56. The number of hydrogen-bond donors (Lipinski definition) is 0. The third kappa shape index (κ3) is 2.01. The highest BCUT2D eigenvalue weighted by atomic mass is 127. The summed E-state index contributed by atoms with van der Waals surface area (Å²) in [4.78, 5) is 0. The highest BCUT2D eigenvalue weighted by Gasteiger charge is 1.98. The van der Waals surface area contributed by atoms with E-state index in [2.05, 4.69) is 32.4 Å². The van der Waals surface area contributed by atoms with E-state index in [1.54, 1.807) is 0 Å². The van der Waals surface area contributed by atoms with Gasteiger partial charge in [-0.2, -0.15) is 0 Å². The van der Waals surface area contributed by atoms with Crippen LogP contribution in [-0.4, -0.2) is 0 Å². The normalized spacial score (nSPS) is 9.62. The Labute approximate surface area is 92.5 Å². The number of hydrogen-bond acceptors (Lipinski definition) is 2. The fraction of sp³-hybridized carbons (Fsp3) is 0. The van der Waals surface area contributed by atoms with E-state index >= 15 is 0 Å². The zero-order valence-electron chi connectivity index (χ0n) is 6.58. The molecular weight excluding hydrogens is 295 g/mol. The standard InChI is InChI=1S/C10H5IOS/c11-13-6-5-9-7-8-3-1-2-4-10(8)12-9/h1-4,7H. The molecule has 0 saturated carbocycles. The molecule has 0 atom stereocenters. The Morgan fingerprint density at radius 1 is 1.31 bits per heavy atom. The van der Waals surface area contributed by atoms with Crippen LogP contribution in [0.15, 0.2) is 34.7 Å². The second-order valence-electron chi connectivity index (χ2n) is 2.45. The zero-order chi connectivity index (χ0) is 9.10. The quantitative estimate of drug-likeness (QED) is 0.542. The van der Waals surface area contributed by atoms with Crippen molar-refractivity contribution in [1.82, 2.24) is 0 Å². The minimum absolute atomic E-state index is 0.727. The lowest BCUT2D eigenvalue weighted by atomic mass is 10.2. The van der Waals surface area contributed by atoms with Gasteiger partial charge in [-0.15, -0.1) is 0 Å². The highest BCUT2D eigenvalue weighted by Crippen LogP contribution is 2.18. The van der Waals surface area contributed by atoms with Crippen LogP contribution in [0.5, 0.6) is 0 Å². The highest BCUT2D eigenvalue weighted by molar-refractivity contribution is 14.2. The summed E-state index contributed by atoms with van der Waals surface area (Å²) in [5, 5.41) is 3.99. The Kier molecular flexibility index (Phi) is 2.81. The molecule has 1 aromatic carbocycles. The summed E-state index contributed by atoms with van der Waals surface area (Å²) in [5.74, 6) is 3.65. The number of benzene rings is 1. The van der Waals surface area contributed by atoms with Crippen molar-refractivity contribution in [2.75, 3.05) is 0 Å². The summed E-state index contributed by atoms with van der Waals surface area (Å²) in [5.41, 5.74) is 0.894. The summed E-state index contributed by atoms with van der Waals surface area (Å²) in [6, 6.07) is 9.85. The van der Waals surface area contributed by atoms with Crippen LogP contribution in [0.1, 0.15) is 5.76 Å². The largest absolute Gasteiger partial charge is 0.448 e. The third-order valence-corrected chi connectivity index (χ3v) is 2.48. The fourth-order valence-corrected chi connectivity index (χ4v) is 1.58. The van der Waals surface area contributed by atoms with Crippen molar-refractivity contribution in [2.24, 2.45) is 0 Å². The summed E-state index contributed by atoms with van der Waals surface area (Å²) in [7, 11) is 1.46. The maximum absolute atomic E-state index is 5.48. The van der Waals surface area contributed by atoms with Crippen molar-refractivity contribution in [2.45, 2.75) is 0 Å². The molecule has 0 aliphatic carbocycles. The lowest BCUT2D eigenvalue weighted by molar-refractivity contribution is 0.601. The van der Waals surface area contributed by atoms with E-state index in [0.717, 1.165) is 16.7 Å². The van der Waals surface area contributed by atoms with E-state index in [9.17, 15) is 0 Å². The molecule has 0 aliphatic rings. The number of rotatable bonds is 0. The van der Waals surface area contributed by atoms with Crippen molar-refractivity contribution >= 4 is 41.1 Å². The van der Waals surface area contributed by atoms with Crippen molar-refractivity contribution in [3.63, 3.8) is 0 Å². The first-order valence-electron chi connectivity index (χ1n) is 3.67. The van der Waals surface area contributed by atoms with E-state index in [1.165, 1.54) is 8.93 Å². The Bertz CT molecular complexity index is 445. The molecule has 64 valence electrons. The number of furan rings is 1. The molecule has 2 rings (SSSR count). The number of fused-ring (bicyclic) bond motifs is 1.